The second-order valence-corrected chi connectivity index (χ2v) is 7.47. The Kier molecular flexibility index (Phi) is 4.25. The maximum atomic E-state index is 5.03. The minimum atomic E-state index is 0.959. The van der Waals surface area contributed by atoms with Crippen molar-refractivity contribution in [3.05, 3.63) is 114 Å². The van der Waals surface area contributed by atoms with Gasteiger partial charge in [-0.2, -0.15) is 0 Å². The van der Waals surface area contributed by atoms with Crippen molar-refractivity contribution in [3.63, 3.8) is 0 Å². The highest BCUT2D eigenvalue weighted by Gasteiger charge is 2.12. The van der Waals surface area contributed by atoms with Crippen molar-refractivity contribution in [3.8, 4) is 0 Å². The summed E-state index contributed by atoms with van der Waals surface area (Å²) in [7, 11) is 2.13. The lowest BCUT2D eigenvalue weighted by molar-refractivity contribution is 1.01. The fourth-order valence-corrected chi connectivity index (χ4v) is 3.95. The van der Waals surface area contributed by atoms with Crippen LogP contribution in [0.1, 0.15) is 16.7 Å². The Bertz CT molecular complexity index is 1340. The predicted molar refractivity (Wildman–Crippen MR) is 123 cm³/mol. The molecule has 2 heteroatoms. The highest BCUT2D eigenvalue weighted by atomic mass is 14.9. The molecule has 0 atom stereocenters. The summed E-state index contributed by atoms with van der Waals surface area (Å²) in [5.41, 5.74) is 7.93. The number of benzene rings is 4. The van der Waals surface area contributed by atoms with E-state index in [4.69, 9.17) is 4.99 Å². The Morgan fingerprint density at radius 3 is 2.10 bits per heavy atom. The summed E-state index contributed by atoms with van der Waals surface area (Å²) < 4.78 is 2.26. The number of rotatable bonds is 3. The summed E-state index contributed by atoms with van der Waals surface area (Å²) >= 11 is 0. The Morgan fingerprint density at radius 2 is 1.31 bits per heavy atom. The number of para-hydroxylation sites is 2. The zero-order chi connectivity index (χ0) is 19.8. The van der Waals surface area contributed by atoms with E-state index in [1.165, 1.54) is 27.4 Å². The Labute approximate surface area is 170 Å². The summed E-state index contributed by atoms with van der Waals surface area (Å²) in [6.07, 6.45) is 0. The van der Waals surface area contributed by atoms with Crippen LogP contribution in [0.4, 0.5) is 5.69 Å². The number of hydrogen-bond donors (Lipinski definition) is 0. The van der Waals surface area contributed by atoms with Crippen molar-refractivity contribution in [2.45, 2.75) is 6.92 Å². The number of aromatic nitrogens is 1. The van der Waals surface area contributed by atoms with Gasteiger partial charge in [0.25, 0.3) is 0 Å². The van der Waals surface area contributed by atoms with E-state index in [2.05, 4.69) is 85.3 Å². The molecule has 0 saturated carbocycles. The van der Waals surface area contributed by atoms with Gasteiger partial charge in [0.1, 0.15) is 0 Å². The molecule has 1 heterocycles. The van der Waals surface area contributed by atoms with E-state index in [1.807, 2.05) is 30.3 Å². The van der Waals surface area contributed by atoms with Crippen LogP contribution in [0.3, 0.4) is 0 Å². The number of fused-ring (bicyclic) bond motifs is 3. The number of nitrogens with zero attached hydrogens (tertiary/aromatic N) is 2. The lowest BCUT2D eigenvalue weighted by Gasteiger charge is -2.09. The summed E-state index contributed by atoms with van der Waals surface area (Å²) in [5, 5.41) is 2.53. The first-order valence-electron chi connectivity index (χ1n) is 9.89. The summed E-state index contributed by atoms with van der Waals surface area (Å²) in [6, 6.07) is 34.0. The largest absolute Gasteiger partial charge is 0.344 e. The van der Waals surface area contributed by atoms with E-state index in [-0.39, 0.29) is 0 Å². The zero-order valence-corrected chi connectivity index (χ0v) is 16.6. The Balaban J connectivity index is 1.75. The molecule has 5 rings (SSSR count). The van der Waals surface area contributed by atoms with Crippen LogP contribution in [0.2, 0.25) is 0 Å². The molecule has 1 aromatic heterocycles. The molecule has 0 saturated heterocycles. The average molecular weight is 374 g/mol. The second kappa shape index (κ2) is 7.06. The van der Waals surface area contributed by atoms with Gasteiger partial charge in [-0.05, 0) is 37.3 Å². The third-order valence-electron chi connectivity index (χ3n) is 5.51. The van der Waals surface area contributed by atoms with Gasteiger partial charge in [0, 0.05) is 40.0 Å². The maximum absolute atomic E-state index is 5.03. The Morgan fingerprint density at radius 1 is 0.655 bits per heavy atom. The van der Waals surface area contributed by atoms with Gasteiger partial charge < -0.3 is 4.57 Å². The van der Waals surface area contributed by atoms with Gasteiger partial charge in [0.05, 0.1) is 11.4 Å². The van der Waals surface area contributed by atoms with Crippen molar-refractivity contribution in [2.24, 2.45) is 12.0 Å². The molecule has 5 aromatic rings. The van der Waals surface area contributed by atoms with E-state index in [0.717, 1.165) is 22.5 Å². The third kappa shape index (κ3) is 3.13. The van der Waals surface area contributed by atoms with Crippen molar-refractivity contribution < 1.29 is 0 Å². The third-order valence-corrected chi connectivity index (χ3v) is 5.51. The molecule has 29 heavy (non-hydrogen) atoms. The minimum absolute atomic E-state index is 0.959. The summed E-state index contributed by atoms with van der Waals surface area (Å²) in [5.74, 6) is 0. The predicted octanol–water partition coefficient (Wildman–Crippen LogP) is 6.81. The van der Waals surface area contributed by atoms with Crippen LogP contribution in [0, 0.1) is 6.92 Å². The molecule has 140 valence electrons. The van der Waals surface area contributed by atoms with Gasteiger partial charge in [0.15, 0.2) is 0 Å². The summed E-state index contributed by atoms with van der Waals surface area (Å²) in [4.78, 5) is 5.03. The van der Waals surface area contributed by atoms with Crippen LogP contribution in [0.15, 0.2) is 102 Å². The quantitative estimate of drug-likeness (QED) is 0.309. The molecule has 0 aliphatic heterocycles. The molecule has 0 amide bonds. The van der Waals surface area contributed by atoms with Crippen LogP contribution in [-0.4, -0.2) is 10.3 Å². The van der Waals surface area contributed by atoms with Gasteiger partial charge in [0.2, 0.25) is 0 Å². The molecule has 0 unspecified atom stereocenters. The number of hydrogen-bond acceptors (Lipinski definition) is 1. The molecule has 0 N–H and O–H groups in total. The van der Waals surface area contributed by atoms with Crippen molar-refractivity contribution in [1.29, 1.82) is 0 Å². The second-order valence-electron chi connectivity index (χ2n) is 7.47. The normalized spacial score (nSPS) is 12.0. The monoisotopic (exact) mass is 374 g/mol. The van der Waals surface area contributed by atoms with E-state index >= 15 is 0 Å². The van der Waals surface area contributed by atoms with Gasteiger partial charge in [-0.25, -0.2) is 4.99 Å². The fraction of sp³-hybridized carbons (Fsp3) is 0.0741. The van der Waals surface area contributed by atoms with Crippen LogP contribution in [0.25, 0.3) is 21.8 Å². The molecule has 2 nitrogen and oxygen atoms in total. The standard InChI is InChI=1S/C27H22N2/c1-19-12-14-20(15-13-19)27(28-22-8-4-3-5-9-22)21-16-17-26-24(18-21)23-10-6-7-11-25(23)29(26)2/h3-18H,1-2H3. The Hall–Kier alpha value is -3.65. The van der Waals surface area contributed by atoms with Crippen molar-refractivity contribution >= 4 is 33.2 Å². The van der Waals surface area contributed by atoms with E-state index in [0.29, 0.717) is 0 Å². The molecule has 0 bridgehead atoms. The number of aryl methyl sites for hydroxylation is 2. The molecule has 0 aliphatic carbocycles. The van der Waals surface area contributed by atoms with Gasteiger partial charge in [-0.3, -0.25) is 0 Å². The lowest BCUT2D eigenvalue weighted by Crippen LogP contribution is -2.03. The van der Waals surface area contributed by atoms with Crippen LogP contribution >= 0.6 is 0 Å². The molecule has 0 radical (unpaired) electrons. The van der Waals surface area contributed by atoms with Gasteiger partial charge in [-0.15, -0.1) is 0 Å². The first kappa shape index (κ1) is 17.4. The molecular weight excluding hydrogens is 352 g/mol. The molecule has 0 fully saturated rings. The lowest BCUT2D eigenvalue weighted by atomic mass is 9.99. The van der Waals surface area contributed by atoms with Gasteiger partial charge in [-0.1, -0.05) is 72.3 Å². The van der Waals surface area contributed by atoms with Crippen molar-refractivity contribution in [1.82, 2.24) is 4.57 Å². The summed E-state index contributed by atoms with van der Waals surface area (Å²) in [6.45, 7) is 2.11. The average Bonchev–Trinajstić information content (AvgIpc) is 3.05. The zero-order valence-electron chi connectivity index (χ0n) is 16.6. The van der Waals surface area contributed by atoms with Crippen LogP contribution in [-0.2, 0) is 7.05 Å². The first-order chi connectivity index (χ1) is 14.2. The molecule has 4 aromatic carbocycles. The highest BCUT2D eigenvalue weighted by molar-refractivity contribution is 6.17. The van der Waals surface area contributed by atoms with E-state index in [9.17, 15) is 0 Å². The topological polar surface area (TPSA) is 17.3 Å². The molecule has 0 aliphatic rings. The fourth-order valence-electron chi connectivity index (χ4n) is 3.95. The van der Waals surface area contributed by atoms with E-state index in [1.54, 1.807) is 0 Å². The molecule has 0 spiro atoms. The van der Waals surface area contributed by atoms with E-state index < -0.39 is 0 Å². The molecular formula is C27H22N2. The van der Waals surface area contributed by atoms with Crippen molar-refractivity contribution in [2.75, 3.05) is 0 Å². The number of aliphatic imine (C=N–C) groups is 1. The van der Waals surface area contributed by atoms with Gasteiger partial charge >= 0.3 is 0 Å². The maximum Gasteiger partial charge on any atom is 0.0781 e. The SMILES string of the molecule is Cc1ccc(C(=Nc2ccccc2)c2ccc3c(c2)c2ccccc2n3C)cc1. The van der Waals surface area contributed by atoms with Crippen LogP contribution in [0.5, 0.6) is 0 Å². The highest BCUT2D eigenvalue weighted by Crippen LogP contribution is 2.30. The van der Waals surface area contributed by atoms with Crippen LogP contribution < -0.4 is 0 Å². The smallest absolute Gasteiger partial charge is 0.0781 e. The minimum Gasteiger partial charge on any atom is -0.344 e. The first-order valence-corrected chi connectivity index (χ1v) is 9.89.